The smallest absolute Gasteiger partial charge is 0.198 e. The van der Waals surface area contributed by atoms with Crippen molar-refractivity contribution in [2.45, 2.75) is 59.6 Å². The van der Waals surface area contributed by atoms with E-state index in [-0.39, 0.29) is 11.8 Å². The first-order valence-corrected chi connectivity index (χ1v) is 14.1. The van der Waals surface area contributed by atoms with Gasteiger partial charge >= 0.3 is 0 Å². The van der Waals surface area contributed by atoms with Crippen LogP contribution in [0.5, 0.6) is 5.75 Å². The maximum absolute atomic E-state index is 6.84. The highest BCUT2D eigenvalue weighted by Gasteiger charge is 2.51. The number of nitrogens with zero attached hydrogens (tertiary/aromatic N) is 2. The number of ether oxygens (including phenoxy) is 1. The second-order valence-corrected chi connectivity index (χ2v) is 11.5. The Morgan fingerprint density at radius 1 is 0.730 bits per heavy atom. The van der Waals surface area contributed by atoms with Gasteiger partial charge in [0, 0.05) is 34.6 Å². The zero-order chi connectivity index (χ0) is 24.7. The van der Waals surface area contributed by atoms with E-state index in [0.29, 0.717) is 5.92 Å². The summed E-state index contributed by atoms with van der Waals surface area (Å²) < 4.78 is 6.84. The SMILES string of the molecule is c1ccc(Sc2ccc(C3=NN4[C@H](C3)c3ccccc3OC43CCC(c4ccccc4)CC3)cc2)cc1. The van der Waals surface area contributed by atoms with Crippen LogP contribution < -0.4 is 4.74 Å². The lowest BCUT2D eigenvalue weighted by atomic mass is 9.78. The van der Waals surface area contributed by atoms with Gasteiger partial charge in [-0.15, -0.1) is 0 Å². The summed E-state index contributed by atoms with van der Waals surface area (Å²) in [6, 6.07) is 39.2. The summed E-state index contributed by atoms with van der Waals surface area (Å²) in [7, 11) is 0. The average molecular weight is 503 g/mol. The molecule has 0 N–H and O–H groups in total. The van der Waals surface area contributed by atoms with Crippen LogP contribution in [0.4, 0.5) is 0 Å². The van der Waals surface area contributed by atoms with Crippen molar-refractivity contribution in [2.24, 2.45) is 5.10 Å². The molecule has 4 heteroatoms. The molecule has 1 aliphatic carbocycles. The van der Waals surface area contributed by atoms with Crippen molar-refractivity contribution >= 4 is 17.5 Å². The molecule has 7 rings (SSSR count). The largest absolute Gasteiger partial charge is 0.466 e. The zero-order valence-corrected chi connectivity index (χ0v) is 21.6. The molecule has 184 valence electrons. The fourth-order valence-electron chi connectivity index (χ4n) is 6.20. The number of benzene rings is 4. The van der Waals surface area contributed by atoms with E-state index in [0.717, 1.165) is 43.6 Å². The molecule has 3 aliphatic rings. The molecule has 3 nitrogen and oxygen atoms in total. The van der Waals surface area contributed by atoms with E-state index in [1.807, 2.05) is 0 Å². The van der Waals surface area contributed by atoms with E-state index in [9.17, 15) is 0 Å². The van der Waals surface area contributed by atoms with E-state index >= 15 is 0 Å². The van der Waals surface area contributed by atoms with Crippen LogP contribution in [0.25, 0.3) is 0 Å². The van der Waals surface area contributed by atoms with Gasteiger partial charge in [-0.2, -0.15) is 5.10 Å². The van der Waals surface area contributed by atoms with Gasteiger partial charge < -0.3 is 4.74 Å². The summed E-state index contributed by atoms with van der Waals surface area (Å²) >= 11 is 1.80. The summed E-state index contributed by atoms with van der Waals surface area (Å²) in [6.45, 7) is 0. The van der Waals surface area contributed by atoms with E-state index in [1.165, 1.54) is 26.5 Å². The zero-order valence-electron chi connectivity index (χ0n) is 20.8. The van der Waals surface area contributed by atoms with E-state index in [2.05, 4.69) is 114 Å². The highest BCUT2D eigenvalue weighted by molar-refractivity contribution is 7.99. The van der Waals surface area contributed by atoms with Gasteiger partial charge in [0.25, 0.3) is 0 Å². The summed E-state index contributed by atoms with van der Waals surface area (Å²) in [5.74, 6) is 1.62. The Balaban J connectivity index is 1.16. The molecule has 0 aromatic heterocycles. The molecule has 0 saturated heterocycles. The lowest BCUT2D eigenvalue weighted by molar-refractivity contribution is -0.142. The van der Waals surface area contributed by atoms with Gasteiger partial charge in [-0.05, 0) is 60.2 Å². The molecule has 4 aromatic rings. The van der Waals surface area contributed by atoms with E-state index in [1.54, 1.807) is 11.8 Å². The minimum atomic E-state index is -0.366. The van der Waals surface area contributed by atoms with Gasteiger partial charge in [0.2, 0.25) is 0 Å². The predicted molar refractivity (Wildman–Crippen MR) is 150 cm³/mol. The van der Waals surface area contributed by atoms with Crippen LogP contribution in [0.15, 0.2) is 124 Å². The third kappa shape index (κ3) is 4.23. The van der Waals surface area contributed by atoms with Crippen molar-refractivity contribution in [1.82, 2.24) is 5.01 Å². The third-order valence-corrected chi connectivity index (χ3v) is 9.13. The lowest BCUT2D eigenvalue weighted by Gasteiger charge is -2.50. The van der Waals surface area contributed by atoms with E-state index in [4.69, 9.17) is 9.84 Å². The van der Waals surface area contributed by atoms with Crippen LogP contribution in [0, 0.1) is 0 Å². The van der Waals surface area contributed by atoms with Crippen LogP contribution in [0.2, 0.25) is 0 Å². The minimum absolute atomic E-state index is 0.228. The molecule has 2 aliphatic heterocycles. The van der Waals surface area contributed by atoms with Crippen molar-refractivity contribution in [1.29, 1.82) is 0 Å². The molecule has 0 amide bonds. The normalized spacial score (nSPS) is 24.2. The minimum Gasteiger partial charge on any atom is -0.466 e. The molecule has 1 spiro atoms. The first-order valence-electron chi connectivity index (χ1n) is 13.3. The summed E-state index contributed by atoms with van der Waals surface area (Å²) in [5.41, 5.74) is 4.70. The molecule has 0 unspecified atom stereocenters. The van der Waals surface area contributed by atoms with Crippen molar-refractivity contribution in [3.8, 4) is 5.75 Å². The molecule has 4 aromatic carbocycles. The van der Waals surface area contributed by atoms with Gasteiger partial charge in [0.1, 0.15) is 5.75 Å². The number of hydrogen-bond donors (Lipinski definition) is 0. The summed E-state index contributed by atoms with van der Waals surface area (Å²) in [4.78, 5) is 2.50. The molecule has 1 saturated carbocycles. The van der Waals surface area contributed by atoms with Crippen molar-refractivity contribution in [3.63, 3.8) is 0 Å². The monoisotopic (exact) mass is 502 g/mol. The number of fused-ring (bicyclic) bond motifs is 4. The molecule has 0 radical (unpaired) electrons. The fraction of sp³-hybridized carbons (Fsp3) is 0.242. The average Bonchev–Trinajstić information content (AvgIpc) is 3.42. The molecule has 0 bridgehead atoms. The molecule has 2 heterocycles. The molecule has 37 heavy (non-hydrogen) atoms. The highest BCUT2D eigenvalue weighted by atomic mass is 32.2. The predicted octanol–water partition coefficient (Wildman–Crippen LogP) is 8.44. The molecule has 1 fully saturated rings. The number of hydrogen-bond acceptors (Lipinski definition) is 4. The lowest BCUT2D eigenvalue weighted by Crippen LogP contribution is -2.55. The van der Waals surface area contributed by atoms with Gasteiger partial charge in [-0.1, -0.05) is 90.6 Å². The summed E-state index contributed by atoms with van der Waals surface area (Å²) in [6.07, 6.45) is 5.12. The molecular formula is C33H30N2OS. The maximum atomic E-state index is 6.84. The third-order valence-electron chi connectivity index (χ3n) is 8.11. The maximum Gasteiger partial charge on any atom is 0.198 e. The Morgan fingerprint density at radius 2 is 1.38 bits per heavy atom. The Kier molecular flexibility index (Phi) is 5.78. The van der Waals surface area contributed by atoms with Crippen molar-refractivity contribution in [2.75, 3.05) is 0 Å². The second kappa shape index (κ2) is 9.42. The van der Waals surface area contributed by atoms with Gasteiger partial charge in [-0.25, -0.2) is 5.01 Å². The van der Waals surface area contributed by atoms with Crippen molar-refractivity contribution in [3.05, 3.63) is 126 Å². The van der Waals surface area contributed by atoms with Crippen LogP contribution >= 0.6 is 11.8 Å². The topological polar surface area (TPSA) is 24.8 Å². The van der Waals surface area contributed by atoms with E-state index < -0.39 is 0 Å². The van der Waals surface area contributed by atoms with Crippen LogP contribution in [0.1, 0.15) is 60.8 Å². The Hall–Kier alpha value is -3.50. The highest BCUT2D eigenvalue weighted by Crippen LogP contribution is 2.53. The first-order chi connectivity index (χ1) is 18.3. The Bertz CT molecular complexity index is 1410. The van der Waals surface area contributed by atoms with Crippen LogP contribution in [-0.4, -0.2) is 16.4 Å². The standard InChI is InChI=1S/C33H30N2OS/c1-3-9-24(10-4-1)25-19-21-33(22-20-25)35-31(29-13-7-8-14-32(29)36-33)23-30(34-35)26-15-17-28(18-16-26)37-27-11-5-2-6-12-27/h1-18,25,31H,19-23H2/t25?,31-,33?/m1/s1. The van der Waals surface area contributed by atoms with Gasteiger partial charge in [0.15, 0.2) is 5.72 Å². The first kappa shape index (κ1) is 22.7. The number of para-hydroxylation sites is 1. The van der Waals surface area contributed by atoms with Crippen molar-refractivity contribution < 1.29 is 4.74 Å². The van der Waals surface area contributed by atoms with Gasteiger partial charge in [-0.3, -0.25) is 0 Å². The van der Waals surface area contributed by atoms with Crippen LogP contribution in [-0.2, 0) is 0 Å². The molecule has 1 atom stereocenters. The Labute approximate surface area is 223 Å². The summed E-state index contributed by atoms with van der Waals surface area (Å²) in [5, 5.41) is 7.62. The fourth-order valence-corrected chi connectivity index (χ4v) is 7.04. The Morgan fingerprint density at radius 3 is 2.14 bits per heavy atom. The number of rotatable bonds is 4. The quantitative estimate of drug-likeness (QED) is 0.280. The second-order valence-electron chi connectivity index (χ2n) is 10.3. The molecular weight excluding hydrogens is 472 g/mol. The van der Waals surface area contributed by atoms with Crippen LogP contribution in [0.3, 0.4) is 0 Å². The van der Waals surface area contributed by atoms with Gasteiger partial charge in [0.05, 0.1) is 11.8 Å². The number of hydrazone groups is 1.